The Hall–Kier alpha value is -2.93. The summed E-state index contributed by atoms with van der Waals surface area (Å²) < 4.78 is 7.18. The van der Waals surface area contributed by atoms with E-state index in [1.807, 2.05) is 28.9 Å². The molecule has 0 atom stereocenters. The second kappa shape index (κ2) is 7.36. The van der Waals surface area contributed by atoms with Crippen LogP contribution in [0.3, 0.4) is 0 Å². The second-order valence-corrected chi connectivity index (χ2v) is 6.96. The van der Waals surface area contributed by atoms with Gasteiger partial charge in [-0.2, -0.15) is 5.10 Å². The van der Waals surface area contributed by atoms with Gasteiger partial charge in [0, 0.05) is 42.6 Å². The Kier molecular flexibility index (Phi) is 4.77. The van der Waals surface area contributed by atoms with Crippen molar-refractivity contribution in [2.24, 2.45) is 5.92 Å². The van der Waals surface area contributed by atoms with Gasteiger partial charge in [-0.15, -0.1) is 0 Å². The topological polar surface area (TPSA) is 89.0 Å². The van der Waals surface area contributed by atoms with Crippen LogP contribution < -0.4 is 5.32 Å². The largest absolute Gasteiger partial charge is 0.381 e. The van der Waals surface area contributed by atoms with E-state index in [1.165, 1.54) is 0 Å². The van der Waals surface area contributed by atoms with Crippen LogP contribution in [0.15, 0.2) is 36.7 Å². The minimum Gasteiger partial charge on any atom is -0.381 e. The number of carbonyl (C=O) groups is 2. The number of rotatable bonds is 5. The van der Waals surface area contributed by atoms with Gasteiger partial charge >= 0.3 is 0 Å². The molecule has 0 spiro atoms. The zero-order chi connectivity index (χ0) is 18.8. The van der Waals surface area contributed by atoms with Crippen LogP contribution in [0.2, 0.25) is 0 Å². The van der Waals surface area contributed by atoms with Crippen molar-refractivity contribution in [3.63, 3.8) is 0 Å². The molecular weight excluding hydrogens is 344 g/mol. The minimum absolute atomic E-state index is 0.415. The summed E-state index contributed by atoms with van der Waals surface area (Å²) in [6.07, 6.45) is 5.37. The summed E-state index contributed by atoms with van der Waals surface area (Å²) in [7, 11) is 0. The number of nitrogens with zero attached hydrogens (tertiary/aromatic N) is 2. The van der Waals surface area contributed by atoms with Crippen molar-refractivity contribution < 1.29 is 14.3 Å². The Labute approximate surface area is 156 Å². The number of benzene rings is 1. The fourth-order valence-corrected chi connectivity index (χ4v) is 3.59. The summed E-state index contributed by atoms with van der Waals surface area (Å²) in [5.74, 6) is -0.687. The van der Waals surface area contributed by atoms with Crippen molar-refractivity contribution in [1.82, 2.24) is 14.8 Å². The highest BCUT2D eigenvalue weighted by molar-refractivity contribution is 6.48. The van der Waals surface area contributed by atoms with E-state index in [4.69, 9.17) is 4.74 Å². The Morgan fingerprint density at radius 2 is 2.07 bits per heavy atom. The first-order chi connectivity index (χ1) is 13.1. The van der Waals surface area contributed by atoms with Crippen molar-refractivity contribution in [2.75, 3.05) is 18.5 Å². The summed E-state index contributed by atoms with van der Waals surface area (Å²) in [6.45, 7) is 4.16. The third-order valence-electron chi connectivity index (χ3n) is 5.00. The quantitative estimate of drug-likeness (QED) is 0.537. The molecule has 0 radical (unpaired) electrons. The molecule has 0 bridgehead atoms. The average Bonchev–Trinajstić information content (AvgIpc) is 3.24. The number of amides is 1. The number of aromatic nitrogens is 3. The summed E-state index contributed by atoms with van der Waals surface area (Å²) >= 11 is 0. The molecule has 1 amide bonds. The normalized spacial score (nSPS) is 15.1. The molecule has 0 unspecified atom stereocenters. The first-order valence-electron chi connectivity index (χ1n) is 9.15. The van der Waals surface area contributed by atoms with Gasteiger partial charge in [0.2, 0.25) is 0 Å². The number of carbonyl (C=O) groups excluding carboxylic acids is 2. The van der Waals surface area contributed by atoms with E-state index in [-0.39, 0.29) is 0 Å². The van der Waals surface area contributed by atoms with Gasteiger partial charge in [0.15, 0.2) is 0 Å². The molecule has 27 heavy (non-hydrogen) atoms. The Bertz CT molecular complexity index is 982. The Morgan fingerprint density at radius 3 is 2.89 bits per heavy atom. The molecule has 0 saturated carbocycles. The lowest BCUT2D eigenvalue weighted by atomic mass is 10.0. The molecule has 2 aromatic heterocycles. The van der Waals surface area contributed by atoms with Crippen molar-refractivity contribution in [3.8, 4) is 0 Å². The SMILES string of the molecule is Cc1[nH]c2ccccc2c1C(=O)C(=O)Nc1cnn(CC2CCOCC2)c1. The summed E-state index contributed by atoms with van der Waals surface area (Å²) in [6, 6.07) is 7.46. The number of ether oxygens (including phenoxy) is 1. The standard InChI is InChI=1S/C20H22N4O3/c1-13-18(16-4-2-3-5-17(16)22-13)19(25)20(26)23-15-10-21-24(12-15)11-14-6-8-27-9-7-14/h2-5,10,12,14,22H,6-9,11H2,1H3,(H,23,26). The monoisotopic (exact) mass is 366 g/mol. The van der Waals surface area contributed by atoms with E-state index < -0.39 is 11.7 Å². The van der Waals surface area contributed by atoms with Crippen molar-refractivity contribution in [1.29, 1.82) is 0 Å². The molecule has 1 aliphatic heterocycles. The molecule has 1 aromatic carbocycles. The van der Waals surface area contributed by atoms with Crippen LogP contribution >= 0.6 is 0 Å². The second-order valence-electron chi connectivity index (χ2n) is 6.96. The maximum absolute atomic E-state index is 12.7. The number of hydrogen-bond donors (Lipinski definition) is 2. The maximum atomic E-state index is 12.7. The molecular formula is C20H22N4O3. The van der Waals surface area contributed by atoms with Gasteiger partial charge in [-0.25, -0.2) is 0 Å². The van der Waals surface area contributed by atoms with Crippen LogP contribution in [0.25, 0.3) is 10.9 Å². The fourth-order valence-electron chi connectivity index (χ4n) is 3.59. The highest BCUT2D eigenvalue weighted by Gasteiger charge is 2.23. The van der Waals surface area contributed by atoms with Gasteiger partial charge in [0.05, 0.1) is 17.4 Å². The third kappa shape index (κ3) is 3.64. The van der Waals surface area contributed by atoms with Crippen LogP contribution in [0.4, 0.5) is 5.69 Å². The molecule has 140 valence electrons. The highest BCUT2D eigenvalue weighted by Crippen LogP contribution is 2.23. The van der Waals surface area contributed by atoms with E-state index in [9.17, 15) is 9.59 Å². The van der Waals surface area contributed by atoms with Gasteiger partial charge in [0.25, 0.3) is 11.7 Å². The molecule has 7 heteroatoms. The number of para-hydroxylation sites is 1. The third-order valence-corrected chi connectivity index (χ3v) is 5.00. The van der Waals surface area contributed by atoms with Crippen LogP contribution in [0, 0.1) is 12.8 Å². The number of aromatic amines is 1. The molecule has 2 N–H and O–H groups in total. The minimum atomic E-state index is -0.659. The molecule has 1 fully saturated rings. The zero-order valence-electron chi connectivity index (χ0n) is 15.2. The lowest BCUT2D eigenvalue weighted by Crippen LogP contribution is -2.23. The number of nitrogens with one attached hydrogen (secondary N) is 2. The Morgan fingerprint density at radius 1 is 1.30 bits per heavy atom. The molecule has 1 aliphatic rings. The number of H-pyrrole nitrogens is 1. The molecule has 4 rings (SSSR count). The van der Waals surface area contributed by atoms with Crippen molar-refractivity contribution >= 4 is 28.3 Å². The molecule has 3 heterocycles. The van der Waals surface area contributed by atoms with E-state index in [2.05, 4.69) is 15.4 Å². The number of fused-ring (bicyclic) bond motifs is 1. The number of ketones is 1. The molecule has 0 aliphatic carbocycles. The Balaban J connectivity index is 1.45. The van der Waals surface area contributed by atoms with E-state index >= 15 is 0 Å². The van der Waals surface area contributed by atoms with Crippen LogP contribution in [-0.2, 0) is 16.1 Å². The van der Waals surface area contributed by atoms with Crippen LogP contribution in [-0.4, -0.2) is 39.7 Å². The molecule has 7 nitrogen and oxygen atoms in total. The number of aryl methyl sites for hydroxylation is 1. The van der Waals surface area contributed by atoms with Gasteiger partial charge in [0.1, 0.15) is 0 Å². The lowest BCUT2D eigenvalue weighted by molar-refractivity contribution is -0.112. The van der Waals surface area contributed by atoms with Crippen LogP contribution in [0.5, 0.6) is 0 Å². The molecule has 1 saturated heterocycles. The van der Waals surface area contributed by atoms with Gasteiger partial charge in [-0.3, -0.25) is 14.3 Å². The van der Waals surface area contributed by atoms with Gasteiger partial charge in [-0.1, -0.05) is 18.2 Å². The van der Waals surface area contributed by atoms with E-state index in [0.29, 0.717) is 22.9 Å². The predicted molar refractivity (Wildman–Crippen MR) is 102 cm³/mol. The van der Waals surface area contributed by atoms with Crippen LogP contribution in [0.1, 0.15) is 28.9 Å². The summed E-state index contributed by atoms with van der Waals surface area (Å²) in [4.78, 5) is 28.3. The predicted octanol–water partition coefficient (Wildman–Crippen LogP) is 2.92. The summed E-state index contributed by atoms with van der Waals surface area (Å²) in [5.41, 5.74) is 2.47. The maximum Gasteiger partial charge on any atom is 0.296 e. The zero-order valence-corrected chi connectivity index (χ0v) is 15.2. The average molecular weight is 366 g/mol. The number of anilines is 1. The summed E-state index contributed by atoms with van der Waals surface area (Å²) in [5, 5.41) is 7.72. The number of hydrogen-bond acceptors (Lipinski definition) is 4. The molecule has 3 aromatic rings. The van der Waals surface area contributed by atoms with Crippen molar-refractivity contribution in [3.05, 3.63) is 47.9 Å². The lowest BCUT2D eigenvalue weighted by Gasteiger charge is -2.21. The van der Waals surface area contributed by atoms with E-state index in [0.717, 1.165) is 43.5 Å². The van der Waals surface area contributed by atoms with Gasteiger partial charge < -0.3 is 15.0 Å². The smallest absolute Gasteiger partial charge is 0.296 e. The highest BCUT2D eigenvalue weighted by atomic mass is 16.5. The number of Topliss-reactive ketones (excluding diaryl/α,β-unsaturated/α-hetero) is 1. The first kappa shape index (κ1) is 17.5. The van der Waals surface area contributed by atoms with E-state index in [1.54, 1.807) is 19.3 Å². The van der Waals surface area contributed by atoms with Crippen molar-refractivity contribution in [2.45, 2.75) is 26.3 Å². The first-order valence-corrected chi connectivity index (χ1v) is 9.15. The van der Waals surface area contributed by atoms with Gasteiger partial charge in [-0.05, 0) is 31.7 Å². The fraction of sp³-hybridized carbons (Fsp3) is 0.350.